The van der Waals surface area contributed by atoms with Crippen molar-refractivity contribution in [3.8, 4) is 0 Å². The van der Waals surface area contributed by atoms with Gasteiger partial charge in [-0.1, -0.05) is 35.9 Å². The van der Waals surface area contributed by atoms with E-state index in [9.17, 15) is 13.2 Å². The molecule has 2 rings (SSSR count). The summed E-state index contributed by atoms with van der Waals surface area (Å²) in [4.78, 5) is 14.0. The van der Waals surface area contributed by atoms with Gasteiger partial charge in [-0.25, -0.2) is 13.1 Å². The van der Waals surface area contributed by atoms with Crippen LogP contribution in [0.25, 0.3) is 0 Å². The van der Waals surface area contributed by atoms with E-state index in [-0.39, 0.29) is 23.9 Å². The Balaban J connectivity index is 2.17. The predicted molar refractivity (Wildman–Crippen MR) is 105 cm³/mol. The molecule has 0 aliphatic heterocycles. The standard InChI is InChI=1S/C20H26N2O3S/c1-14-9-10-19(17(4)13-14)26(24,25)21-11-12-22(18(5)23)20-15(2)7-6-8-16(20)3/h6-10,13,21H,11-12H2,1-5H3. The fraction of sp³-hybridized carbons (Fsp3) is 0.350. The van der Waals surface area contributed by atoms with Gasteiger partial charge in [-0.05, 0) is 50.5 Å². The lowest BCUT2D eigenvalue weighted by Crippen LogP contribution is -2.38. The van der Waals surface area contributed by atoms with E-state index >= 15 is 0 Å². The van der Waals surface area contributed by atoms with Gasteiger partial charge in [-0.2, -0.15) is 0 Å². The molecule has 2 aromatic carbocycles. The van der Waals surface area contributed by atoms with E-state index in [4.69, 9.17) is 0 Å². The first-order valence-corrected chi connectivity index (χ1v) is 10.0. The largest absolute Gasteiger partial charge is 0.311 e. The third-order valence-corrected chi connectivity index (χ3v) is 5.96. The van der Waals surface area contributed by atoms with Gasteiger partial charge in [0.1, 0.15) is 0 Å². The highest BCUT2D eigenvalue weighted by Gasteiger charge is 2.19. The van der Waals surface area contributed by atoms with Crippen LogP contribution in [0.5, 0.6) is 0 Å². The Bertz CT molecular complexity index is 900. The molecular formula is C20H26N2O3S. The Morgan fingerprint density at radius 3 is 2.15 bits per heavy atom. The average molecular weight is 375 g/mol. The lowest BCUT2D eigenvalue weighted by molar-refractivity contribution is -0.116. The molecule has 6 heteroatoms. The van der Waals surface area contributed by atoms with Crippen molar-refractivity contribution in [2.75, 3.05) is 18.0 Å². The SMILES string of the molecule is CC(=O)N(CCNS(=O)(=O)c1ccc(C)cc1C)c1c(C)cccc1C. The number of aryl methyl sites for hydroxylation is 4. The molecule has 0 aromatic heterocycles. The predicted octanol–water partition coefficient (Wildman–Crippen LogP) is 3.25. The number of benzene rings is 2. The van der Waals surface area contributed by atoms with Crippen LogP contribution in [0.4, 0.5) is 5.69 Å². The molecule has 0 spiro atoms. The number of hydrogen-bond donors (Lipinski definition) is 1. The van der Waals surface area contributed by atoms with E-state index in [1.54, 1.807) is 24.0 Å². The number of anilines is 1. The van der Waals surface area contributed by atoms with Crippen LogP contribution in [-0.2, 0) is 14.8 Å². The third-order valence-electron chi connectivity index (χ3n) is 4.34. The van der Waals surface area contributed by atoms with Crippen LogP contribution in [-0.4, -0.2) is 27.4 Å². The van der Waals surface area contributed by atoms with Crippen molar-refractivity contribution in [1.29, 1.82) is 0 Å². The first-order chi connectivity index (χ1) is 12.1. The summed E-state index contributed by atoms with van der Waals surface area (Å²) >= 11 is 0. The highest BCUT2D eigenvalue weighted by atomic mass is 32.2. The van der Waals surface area contributed by atoms with Crippen molar-refractivity contribution < 1.29 is 13.2 Å². The summed E-state index contributed by atoms with van der Waals surface area (Å²) in [6, 6.07) is 11.1. The maximum atomic E-state index is 12.6. The second-order valence-corrected chi connectivity index (χ2v) is 8.31. The number of para-hydroxylation sites is 1. The van der Waals surface area contributed by atoms with Crippen LogP contribution in [0, 0.1) is 27.7 Å². The van der Waals surface area contributed by atoms with E-state index in [0.29, 0.717) is 5.56 Å². The third kappa shape index (κ3) is 4.51. The molecule has 0 heterocycles. The fourth-order valence-corrected chi connectivity index (χ4v) is 4.37. The lowest BCUT2D eigenvalue weighted by Gasteiger charge is -2.25. The average Bonchev–Trinajstić information content (AvgIpc) is 2.52. The Labute approximate surface area is 156 Å². The van der Waals surface area contributed by atoms with E-state index in [0.717, 1.165) is 22.4 Å². The van der Waals surface area contributed by atoms with Crippen LogP contribution in [0.2, 0.25) is 0 Å². The second-order valence-electron chi connectivity index (χ2n) is 6.58. The van der Waals surface area contributed by atoms with Crippen molar-refractivity contribution in [2.45, 2.75) is 39.5 Å². The van der Waals surface area contributed by atoms with Gasteiger partial charge in [0.05, 0.1) is 4.90 Å². The van der Waals surface area contributed by atoms with Gasteiger partial charge in [-0.15, -0.1) is 0 Å². The smallest absolute Gasteiger partial charge is 0.240 e. The number of sulfonamides is 1. The zero-order valence-electron chi connectivity index (χ0n) is 16.0. The summed E-state index contributed by atoms with van der Waals surface area (Å²) in [5.74, 6) is -0.117. The van der Waals surface area contributed by atoms with Gasteiger partial charge in [-0.3, -0.25) is 4.79 Å². The minimum Gasteiger partial charge on any atom is -0.311 e. The van der Waals surface area contributed by atoms with Gasteiger partial charge in [0.2, 0.25) is 15.9 Å². The zero-order valence-corrected chi connectivity index (χ0v) is 16.8. The highest BCUT2D eigenvalue weighted by Crippen LogP contribution is 2.24. The maximum Gasteiger partial charge on any atom is 0.240 e. The minimum atomic E-state index is -3.62. The highest BCUT2D eigenvalue weighted by molar-refractivity contribution is 7.89. The van der Waals surface area contributed by atoms with Gasteiger partial charge in [0.25, 0.3) is 0 Å². The number of nitrogens with one attached hydrogen (secondary N) is 1. The summed E-state index contributed by atoms with van der Waals surface area (Å²) in [6.45, 7) is 9.49. The van der Waals surface area contributed by atoms with Gasteiger partial charge in [0, 0.05) is 25.7 Å². The van der Waals surface area contributed by atoms with Gasteiger partial charge in [0.15, 0.2) is 0 Å². The number of rotatable bonds is 6. The molecular weight excluding hydrogens is 348 g/mol. The molecule has 140 valence electrons. The minimum absolute atomic E-state index is 0.117. The van der Waals surface area contributed by atoms with Crippen LogP contribution in [0.15, 0.2) is 41.3 Å². The van der Waals surface area contributed by atoms with E-state index in [2.05, 4.69) is 4.72 Å². The van der Waals surface area contributed by atoms with Crippen molar-refractivity contribution in [2.24, 2.45) is 0 Å². The Morgan fingerprint density at radius 1 is 1.00 bits per heavy atom. The molecule has 5 nitrogen and oxygen atoms in total. The Morgan fingerprint density at radius 2 is 1.62 bits per heavy atom. The molecule has 0 radical (unpaired) electrons. The molecule has 0 aliphatic carbocycles. The molecule has 0 aliphatic rings. The van der Waals surface area contributed by atoms with Crippen LogP contribution in [0.3, 0.4) is 0 Å². The summed E-state index contributed by atoms with van der Waals surface area (Å²) in [7, 11) is -3.62. The summed E-state index contributed by atoms with van der Waals surface area (Å²) in [6.07, 6.45) is 0. The normalized spacial score (nSPS) is 11.4. The van der Waals surface area contributed by atoms with Crippen molar-refractivity contribution in [3.05, 3.63) is 58.7 Å². The summed E-state index contributed by atoms with van der Waals surface area (Å²) < 4.78 is 27.8. The summed E-state index contributed by atoms with van der Waals surface area (Å²) in [5.41, 5.74) is 4.52. The summed E-state index contributed by atoms with van der Waals surface area (Å²) in [5, 5.41) is 0. The van der Waals surface area contributed by atoms with E-state index in [1.165, 1.54) is 6.92 Å². The molecule has 26 heavy (non-hydrogen) atoms. The van der Waals surface area contributed by atoms with E-state index in [1.807, 2.05) is 45.0 Å². The number of hydrogen-bond acceptors (Lipinski definition) is 3. The van der Waals surface area contributed by atoms with Crippen molar-refractivity contribution in [1.82, 2.24) is 4.72 Å². The lowest BCUT2D eigenvalue weighted by atomic mass is 10.1. The molecule has 1 amide bonds. The first-order valence-electron chi connectivity index (χ1n) is 8.54. The fourth-order valence-electron chi connectivity index (χ4n) is 3.13. The molecule has 0 saturated carbocycles. The molecule has 0 fully saturated rings. The number of carbonyl (C=O) groups is 1. The maximum absolute atomic E-state index is 12.6. The van der Waals surface area contributed by atoms with E-state index < -0.39 is 10.0 Å². The molecule has 0 unspecified atom stereocenters. The molecule has 2 aromatic rings. The van der Waals surface area contributed by atoms with Crippen LogP contribution < -0.4 is 9.62 Å². The van der Waals surface area contributed by atoms with Gasteiger partial charge < -0.3 is 4.90 Å². The number of amides is 1. The number of carbonyl (C=O) groups excluding carboxylic acids is 1. The molecule has 0 bridgehead atoms. The van der Waals surface area contributed by atoms with Gasteiger partial charge >= 0.3 is 0 Å². The molecule has 0 atom stereocenters. The topological polar surface area (TPSA) is 66.5 Å². The first kappa shape index (κ1) is 20.1. The quantitative estimate of drug-likeness (QED) is 0.844. The van der Waals surface area contributed by atoms with Crippen molar-refractivity contribution >= 4 is 21.6 Å². The Kier molecular flexibility index (Phi) is 6.21. The molecule has 1 N–H and O–H groups in total. The van der Waals surface area contributed by atoms with Crippen LogP contribution in [0.1, 0.15) is 29.2 Å². The molecule has 0 saturated heterocycles. The second kappa shape index (κ2) is 8.01. The zero-order chi connectivity index (χ0) is 19.5. The Hall–Kier alpha value is -2.18. The number of nitrogens with zero attached hydrogens (tertiary/aromatic N) is 1. The van der Waals surface area contributed by atoms with Crippen LogP contribution >= 0.6 is 0 Å². The van der Waals surface area contributed by atoms with Crippen molar-refractivity contribution in [3.63, 3.8) is 0 Å². The monoisotopic (exact) mass is 374 g/mol.